The topological polar surface area (TPSA) is 64.8 Å². The summed E-state index contributed by atoms with van der Waals surface area (Å²) >= 11 is 0. The zero-order valence-electron chi connectivity index (χ0n) is 15.1. The van der Waals surface area contributed by atoms with Crippen LogP contribution in [0.15, 0.2) is 42.5 Å². The van der Waals surface area contributed by atoms with Crippen molar-refractivity contribution < 1.29 is 14.3 Å². The highest BCUT2D eigenvalue weighted by Gasteiger charge is 2.32. The Kier molecular flexibility index (Phi) is 6.89. The monoisotopic (exact) mass is 376 g/mol. The van der Waals surface area contributed by atoms with Crippen molar-refractivity contribution in [2.75, 3.05) is 20.8 Å². The first-order valence-corrected chi connectivity index (χ1v) is 8.50. The van der Waals surface area contributed by atoms with Crippen molar-refractivity contribution in [1.82, 2.24) is 4.90 Å². The van der Waals surface area contributed by atoms with Crippen molar-refractivity contribution in [3.05, 3.63) is 59.2 Å². The molecule has 1 aliphatic rings. The fourth-order valence-electron chi connectivity index (χ4n) is 3.38. The first kappa shape index (κ1) is 20.1. The fraction of sp³-hybridized carbons (Fsp3) is 0.350. The predicted molar refractivity (Wildman–Crippen MR) is 104 cm³/mol. The minimum atomic E-state index is 0. The lowest BCUT2D eigenvalue weighted by atomic mass is 10.0. The Morgan fingerprint density at radius 3 is 2.50 bits per heavy atom. The molecule has 1 aliphatic heterocycles. The van der Waals surface area contributed by atoms with E-state index < -0.39 is 0 Å². The van der Waals surface area contributed by atoms with Crippen LogP contribution in [-0.4, -0.2) is 31.6 Å². The summed E-state index contributed by atoms with van der Waals surface area (Å²) in [5.41, 5.74) is 8.36. The van der Waals surface area contributed by atoms with Crippen LogP contribution < -0.4 is 15.2 Å². The summed E-state index contributed by atoms with van der Waals surface area (Å²) in [5, 5.41) is 0. The van der Waals surface area contributed by atoms with Gasteiger partial charge < -0.3 is 20.1 Å². The minimum absolute atomic E-state index is 0. The molecule has 0 aromatic heterocycles. The molecule has 6 heteroatoms. The molecule has 3 rings (SSSR count). The van der Waals surface area contributed by atoms with Crippen LogP contribution >= 0.6 is 12.4 Å². The molecule has 26 heavy (non-hydrogen) atoms. The SMILES string of the molecule is COc1ccc(C2CCCN2C(=O)c2ccc(CN)cc2)c(OC)c1.Cl. The predicted octanol–water partition coefficient (Wildman–Crippen LogP) is 3.56. The van der Waals surface area contributed by atoms with Crippen LogP contribution in [0.2, 0.25) is 0 Å². The number of amides is 1. The molecule has 0 spiro atoms. The smallest absolute Gasteiger partial charge is 0.254 e. The maximum absolute atomic E-state index is 13.0. The van der Waals surface area contributed by atoms with Gasteiger partial charge in [-0.3, -0.25) is 4.79 Å². The van der Waals surface area contributed by atoms with Crippen molar-refractivity contribution in [2.24, 2.45) is 5.73 Å². The highest BCUT2D eigenvalue weighted by molar-refractivity contribution is 5.94. The Balaban J connectivity index is 0.00000243. The summed E-state index contributed by atoms with van der Waals surface area (Å²) in [4.78, 5) is 14.9. The third-order valence-electron chi connectivity index (χ3n) is 4.75. The Hall–Kier alpha value is -2.24. The third-order valence-corrected chi connectivity index (χ3v) is 4.75. The van der Waals surface area contributed by atoms with E-state index in [4.69, 9.17) is 15.2 Å². The molecule has 1 fully saturated rings. The summed E-state index contributed by atoms with van der Waals surface area (Å²) in [6.07, 6.45) is 1.90. The maximum atomic E-state index is 13.0. The van der Waals surface area contributed by atoms with E-state index in [1.165, 1.54) is 0 Å². The Morgan fingerprint density at radius 1 is 1.15 bits per heavy atom. The number of hydrogen-bond acceptors (Lipinski definition) is 4. The molecule has 1 amide bonds. The van der Waals surface area contributed by atoms with Gasteiger partial charge in [0.2, 0.25) is 0 Å². The van der Waals surface area contributed by atoms with Gasteiger partial charge in [0, 0.05) is 30.3 Å². The molecule has 140 valence electrons. The van der Waals surface area contributed by atoms with Gasteiger partial charge in [0.1, 0.15) is 11.5 Å². The molecule has 2 aromatic carbocycles. The van der Waals surface area contributed by atoms with Crippen molar-refractivity contribution in [3.63, 3.8) is 0 Å². The van der Waals surface area contributed by atoms with Gasteiger partial charge in [-0.1, -0.05) is 12.1 Å². The summed E-state index contributed by atoms with van der Waals surface area (Å²) in [6, 6.07) is 13.3. The van der Waals surface area contributed by atoms with Crippen molar-refractivity contribution in [2.45, 2.75) is 25.4 Å². The average molecular weight is 377 g/mol. The highest BCUT2D eigenvalue weighted by atomic mass is 35.5. The Labute approximate surface area is 160 Å². The molecule has 0 bridgehead atoms. The summed E-state index contributed by atoms with van der Waals surface area (Å²) in [7, 11) is 3.27. The molecule has 1 heterocycles. The number of nitrogens with zero attached hydrogens (tertiary/aromatic N) is 1. The fourth-order valence-corrected chi connectivity index (χ4v) is 3.38. The van der Waals surface area contributed by atoms with Gasteiger partial charge in [0.05, 0.1) is 20.3 Å². The van der Waals surface area contributed by atoms with Gasteiger partial charge in [-0.15, -0.1) is 12.4 Å². The van der Waals surface area contributed by atoms with E-state index in [1.807, 2.05) is 47.4 Å². The lowest BCUT2D eigenvalue weighted by Crippen LogP contribution is -2.30. The van der Waals surface area contributed by atoms with Crippen molar-refractivity contribution in [3.8, 4) is 11.5 Å². The molecule has 2 N–H and O–H groups in total. The summed E-state index contributed by atoms with van der Waals surface area (Å²) in [6.45, 7) is 1.22. The number of halogens is 1. The van der Waals surface area contributed by atoms with Gasteiger partial charge in [-0.2, -0.15) is 0 Å². The van der Waals surface area contributed by atoms with Crippen LogP contribution in [0.3, 0.4) is 0 Å². The number of carbonyl (C=O) groups is 1. The maximum Gasteiger partial charge on any atom is 0.254 e. The number of nitrogens with two attached hydrogens (primary N) is 1. The van der Waals surface area contributed by atoms with E-state index in [2.05, 4.69) is 0 Å². The lowest BCUT2D eigenvalue weighted by Gasteiger charge is -2.26. The Morgan fingerprint density at radius 2 is 1.88 bits per heavy atom. The number of carbonyl (C=O) groups excluding carboxylic acids is 1. The van der Waals surface area contributed by atoms with Crippen LogP contribution in [0.25, 0.3) is 0 Å². The molecule has 2 aromatic rings. The second-order valence-electron chi connectivity index (χ2n) is 6.17. The van der Waals surface area contributed by atoms with Gasteiger partial charge >= 0.3 is 0 Å². The average Bonchev–Trinajstić information content (AvgIpc) is 3.16. The number of methoxy groups -OCH3 is 2. The first-order chi connectivity index (χ1) is 12.2. The van der Waals surface area contributed by atoms with E-state index in [9.17, 15) is 4.79 Å². The van der Waals surface area contributed by atoms with Crippen LogP contribution in [-0.2, 0) is 6.54 Å². The van der Waals surface area contributed by atoms with E-state index in [0.29, 0.717) is 12.1 Å². The third kappa shape index (κ3) is 3.94. The van der Waals surface area contributed by atoms with Gasteiger partial charge in [0.15, 0.2) is 0 Å². The number of ether oxygens (including phenoxy) is 2. The molecular weight excluding hydrogens is 352 g/mol. The minimum Gasteiger partial charge on any atom is -0.497 e. The first-order valence-electron chi connectivity index (χ1n) is 8.50. The van der Waals surface area contributed by atoms with E-state index >= 15 is 0 Å². The van der Waals surface area contributed by atoms with Crippen molar-refractivity contribution >= 4 is 18.3 Å². The molecular formula is C20H25ClN2O3. The zero-order valence-corrected chi connectivity index (χ0v) is 15.9. The normalized spacial score (nSPS) is 16.1. The van der Waals surface area contributed by atoms with Crippen molar-refractivity contribution in [1.29, 1.82) is 0 Å². The quantitative estimate of drug-likeness (QED) is 0.866. The van der Waals surface area contributed by atoms with Crippen LogP contribution in [0.5, 0.6) is 11.5 Å². The zero-order chi connectivity index (χ0) is 17.8. The number of likely N-dealkylation sites (tertiary alicyclic amines) is 1. The molecule has 1 atom stereocenters. The van der Waals surface area contributed by atoms with E-state index in [1.54, 1.807) is 14.2 Å². The van der Waals surface area contributed by atoms with Crippen LogP contribution in [0, 0.1) is 0 Å². The molecule has 0 aliphatic carbocycles. The number of hydrogen-bond donors (Lipinski definition) is 1. The van der Waals surface area contributed by atoms with Crippen LogP contribution in [0.4, 0.5) is 0 Å². The van der Waals surface area contributed by atoms with Gasteiger partial charge in [-0.25, -0.2) is 0 Å². The molecule has 1 unspecified atom stereocenters. The molecule has 0 saturated carbocycles. The highest BCUT2D eigenvalue weighted by Crippen LogP contribution is 2.39. The largest absolute Gasteiger partial charge is 0.497 e. The number of rotatable bonds is 5. The summed E-state index contributed by atoms with van der Waals surface area (Å²) < 4.78 is 10.8. The standard InChI is InChI=1S/C20H24N2O3.ClH/c1-24-16-9-10-17(19(12-16)25-2)18-4-3-11-22(18)20(23)15-7-5-14(13-21)6-8-15;/h5-10,12,18H,3-4,11,13,21H2,1-2H3;1H. The van der Waals surface area contributed by atoms with Crippen LogP contribution in [0.1, 0.15) is 40.4 Å². The molecule has 5 nitrogen and oxygen atoms in total. The van der Waals surface area contributed by atoms with Gasteiger partial charge in [-0.05, 0) is 42.7 Å². The Bertz CT molecular complexity index is 749. The second-order valence-corrected chi connectivity index (χ2v) is 6.17. The number of benzene rings is 2. The second kappa shape index (κ2) is 8.92. The molecule has 1 saturated heterocycles. The van der Waals surface area contributed by atoms with E-state index in [-0.39, 0.29) is 24.4 Å². The summed E-state index contributed by atoms with van der Waals surface area (Å²) in [5.74, 6) is 1.54. The van der Waals surface area contributed by atoms with E-state index in [0.717, 1.165) is 42.0 Å². The lowest BCUT2D eigenvalue weighted by molar-refractivity contribution is 0.0734. The van der Waals surface area contributed by atoms with Gasteiger partial charge in [0.25, 0.3) is 5.91 Å². The molecule has 0 radical (unpaired) electrons.